The largest absolute Gasteiger partial charge is 0.481 e. The number of carbonyl (C=O) groups excluding carboxylic acids is 1. The molecule has 0 aromatic heterocycles. The van der Waals surface area contributed by atoms with Crippen molar-refractivity contribution in [2.75, 3.05) is 45.9 Å². The third-order valence-electron chi connectivity index (χ3n) is 3.17. The number of carbonyl (C=O) groups is 2. The van der Waals surface area contributed by atoms with Crippen LogP contribution in [0.2, 0.25) is 0 Å². The van der Waals surface area contributed by atoms with Crippen LogP contribution in [0.15, 0.2) is 0 Å². The number of unbranched alkanes of at least 4 members (excludes halogenated alkanes) is 1. The van der Waals surface area contributed by atoms with Gasteiger partial charge in [0.2, 0.25) is 0 Å². The first kappa shape index (κ1) is 15.7. The van der Waals surface area contributed by atoms with Crippen molar-refractivity contribution in [1.82, 2.24) is 15.1 Å². The van der Waals surface area contributed by atoms with E-state index in [4.69, 9.17) is 10.2 Å². The van der Waals surface area contributed by atoms with E-state index < -0.39 is 5.97 Å². The highest BCUT2D eigenvalue weighted by molar-refractivity contribution is 5.74. The van der Waals surface area contributed by atoms with Crippen LogP contribution in [0, 0.1) is 0 Å². The fourth-order valence-electron chi connectivity index (χ4n) is 2.02. The van der Waals surface area contributed by atoms with E-state index in [2.05, 4.69) is 10.2 Å². The van der Waals surface area contributed by atoms with Gasteiger partial charge in [0.15, 0.2) is 0 Å². The normalized spacial score (nSPS) is 16.4. The molecule has 0 radical (unpaired) electrons. The molecule has 0 aromatic rings. The fourth-order valence-corrected chi connectivity index (χ4v) is 2.02. The maximum absolute atomic E-state index is 11.8. The molecule has 1 saturated heterocycles. The number of hydrogen-bond donors (Lipinski definition) is 3. The molecule has 3 N–H and O–H groups in total. The molecule has 0 aliphatic carbocycles. The molecule has 1 aliphatic heterocycles. The molecule has 0 saturated carbocycles. The zero-order chi connectivity index (χ0) is 14.1. The minimum atomic E-state index is -0.800. The number of aliphatic hydroxyl groups is 1. The van der Waals surface area contributed by atoms with Crippen molar-refractivity contribution in [1.29, 1.82) is 0 Å². The number of amides is 2. The Kier molecular flexibility index (Phi) is 7.20. The second-order valence-corrected chi connectivity index (χ2v) is 4.64. The van der Waals surface area contributed by atoms with Gasteiger partial charge in [-0.2, -0.15) is 0 Å². The summed E-state index contributed by atoms with van der Waals surface area (Å²) < 4.78 is 0. The fraction of sp³-hybridized carbons (Fsp3) is 0.833. The summed E-state index contributed by atoms with van der Waals surface area (Å²) in [7, 11) is 0. The number of aliphatic hydroxyl groups excluding tert-OH is 1. The molecule has 0 bridgehead atoms. The van der Waals surface area contributed by atoms with Gasteiger partial charge in [-0.05, 0) is 12.8 Å². The SMILES string of the molecule is O=C(O)CCCCNC(=O)N1CCN(CCO)CC1. The van der Waals surface area contributed by atoms with E-state index in [0.29, 0.717) is 39.0 Å². The molecule has 0 spiro atoms. The Morgan fingerprint density at radius 3 is 2.37 bits per heavy atom. The van der Waals surface area contributed by atoms with E-state index in [9.17, 15) is 9.59 Å². The van der Waals surface area contributed by atoms with Crippen LogP contribution in [0.5, 0.6) is 0 Å². The molecule has 0 unspecified atom stereocenters. The van der Waals surface area contributed by atoms with Gasteiger partial charge in [0, 0.05) is 45.7 Å². The summed E-state index contributed by atoms with van der Waals surface area (Å²) in [6, 6.07) is -0.0843. The van der Waals surface area contributed by atoms with Crippen molar-refractivity contribution < 1.29 is 19.8 Å². The van der Waals surface area contributed by atoms with Gasteiger partial charge in [0.1, 0.15) is 0 Å². The van der Waals surface area contributed by atoms with Crippen molar-refractivity contribution in [3.8, 4) is 0 Å². The van der Waals surface area contributed by atoms with Gasteiger partial charge in [0.05, 0.1) is 6.61 Å². The number of piperazine rings is 1. The lowest BCUT2D eigenvalue weighted by Gasteiger charge is -2.34. The molecule has 1 aliphatic rings. The lowest BCUT2D eigenvalue weighted by molar-refractivity contribution is -0.137. The summed E-state index contributed by atoms with van der Waals surface area (Å²) in [5, 5.41) is 20.1. The number of nitrogens with one attached hydrogen (secondary N) is 1. The van der Waals surface area contributed by atoms with Gasteiger partial charge in [-0.15, -0.1) is 0 Å². The van der Waals surface area contributed by atoms with E-state index in [-0.39, 0.29) is 19.1 Å². The van der Waals surface area contributed by atoms with Gasteiger partial charge in [-0.25, -0.2) is 4.79 Å². The van der Waals surface area contributed by atoms with E-state index in [0.717, 1.165) is 13.1 Å². The second-order valence-electron chi connectivity index (χ2n) is 4.64. The van der Waals surface area contributed by atoms with Crippen molar-refractivity contribution in [2.24, 2.45) is 0 Å². The smallest absolute Gasteiger partial charge is 0.317 e. The lowest BCUT2D eigenvalue weighted by atomic mass is 10.2. The summed E-state index contributed by atoms with van der Waals surface area (Å²) in [6.07, 6.45) is 1.41. The zero-order valence-electron chi connectivity index (χ0n) is 11.2. The highest BCUT2D eigenvalue weighted by Gasteiger charge is 2.19. The quantitative estimate of drug-likeness (QED) is 0.547. The van der Waals surface area contributed by atoms with E-state index in [1.807, 2.05) is 0 Å². The van der Waals surface area contributed by atoms with Crippen molar-refractivity contribution in [2.45, 2.75) is 19.3 Å². The average Bonchev–Trinajstić information content (AvgIpc) is 2.39. The maximum atomic E-state index is 11.8. The summed E-state index contributed by atoms with van der Waals surface area (Å²) in [4.78, 5) is 26.0. The van der Waals surface area contributed by atoms with Crippen LogP contribution < -0.4 is 5.32 Å². The minimum Gasteiger partial charge on any atom is -0.481 e. The first-order valence-electron chi connectivity index (χ1n) is 6.71. The van der Waals surface area contributed by atoms with Gasteiger partial charge in [-0.3, -0.25) is 9.69 Å². The number of hydrogen-bond acceptors (Lipinski definition) is 4. The van der Waals surface area contributed by atoms with Crippen molar-refractivity contribution in [3.63, 3.8) is 0 Å². The topological polar surface area (TPSA) is 93.1 Å². The van der Waals surface area contributed by atoms with Crippen LogP contribution in [0.25, 0.3) is 0 Å². The first-order valence-corrected chi connectivity index (χ1v) is 6.71. The highest BCUT2D eigenvalue weighted by atomic mass is 16.4. The summed E-state index contributed by atoms with van der Waals surface area (Å²) in [6.45, 7) is 4.23. The van der Waals surface area contributed by atoms with Gasteiger partial charge >= 0.3 is 12.0 Å². The maximum Gasteiger partial charge on any atom is 0.317 e. The van der Waals surface area contributed by atoms with Gasteiger partial charge < -0.3 is 20.4 Å². The Morgan fingerprint density at radius 1 is 1.11 bits per heavy atom. The van der Waals surface area contributed by atoms with Crippen LogP contribution in [0.1, 0.15) is 19.3 Å². The third kappa shape index (κ3) is 6.40. The number of carboxylic acids is 1. The number of β-amino-alcohol motifs (C(OH)–C–C–N with tert-alkyl or cyclic N) is 1. The standard InChI is InChI=1S/C12H23N3O4/c16-10-9-14-5-7-15(8-6-14)12(19)13-4-2-1-3-11(17)18/h16H,1-10H2,(H,13,19)(H,17,18). The number of urea groups is 1. The molecule has 2 amide bonds. The summed E-state index contributed by atoms with van der Waals surface area (Å²) in [5.74, 6) is -0.800. The summed E-state index contributed by atoms with van der Waals surface area (Å²) >= 11 is 0. The average molecular weight is 273 g/mol. The monoisotopic (exact) mass is 273 g/mol. The molecular formula is C12H23N3O4. The molecule has 7 nitrogen and oxygen atoms in total. The van der Waals surface area contributed by atoms with E-state index in [1.165, 1.54) is 0 Å². The van der Waals surface area contributed by atoms with Crippen LogP contribution in [0.4, 0.5) is 4.79 Å². The van der Waals surface area contributed by atoms with Crippen LogP contribution in [0.3, 0.4) is 0 Å². The number of rotatable bonds is 7. The van der Waals surface area contributed by atoms with E-state index >= 15 is 0 Å². The summed E-state index contributed by atoms with van der Waals surface area (Å²) in [5.41, 5.74) is 0. The Morgan fingerprint density at radius 2 is 1.79 bits per heavy atom. The molecule has 19 heavy (non-hydrogen) atoms. The highest BCUT2D eigenvalue weighted by Crippen LogP contribution is 2.01. The molecule has 0 aromatic carbocycles. The van der Waals surface area contributed by atoms with Gasteiger partial charge in [-0.1, -0.05) is 0 Å². The minimum absolute atomic E-state index is 0.0843. The molecule has 7 heteroatoms. The Bertz CT molecular complexity index is 291. The molecule has 0 atom stereocenters. The number of nitrogens with zero attached hydrogens (tertiary/aromatic N) is 2. The van der Waals surface area contributed by atoms with Crippen molar-refractivity contribution in [3.05, 3.63) is 0 Å². The second kappa shape index (κ2) is 8.71. The first-order chi connectivity index (χ1) is 9.13. The Labute approximate surface area is 113 Å². The van der Waals surface area contributed by atoms with Crippen LogP contribution >= 0.6 is 0 Å². The number of carboxylic acid groups (broad SMARTS) is 1. The van der Waals surface area contributed by atoms with Crippen molar-refractivity contribution >= 4 is 12.0 Å². The Hall–Kier alpha value is -1.34. The number of aliphatic carboxylic acids is 1. The third-order valence-corrected chi connectivity index (χ3v) is 3.17. The molecule has 1 fully saturated rings. The molecule has 1 heterocycles. The van der Waals surface area contributed by atoms with Gasteiger partial charge in [0.25, 0.3) is 0 Å². The zero-order valence-corrected chi connectivity index (χ0v) is 11.2. The predicted molar refractivity (Wildman–Crippen MR) is 70.0 cm³/mol. The molecule has 1 rings (SSSR count). The van der Waals surface area contributed by atoms with Crippen LogP contribution in [-0.2, 0) is 4.79 Å². The lowest BCUT2D eigenvalue weighted by Crippen LogP contribution is -2.52. The predicted octanol–water partition coefficient (Wildman–Crippen LogP) is -0.439. The van der Waals surface area contributed by atoms with E-state index in [1.54, 1.807) is 4.90 Å². The molecular weight excluding hydrogens is 250 g/mol. The molecule has 110 valence electrons. The van der Waals surface area contributed by atoms with Crippen LogP contribution in [-0.4, -0.2) is 77.9 Å². The Balaban J connectivity index is 2.09.